The van der Waals surface area contributed by atoms with Gasteiger partial charge in [-0.05, 0) is 26.8 Å². The third kappa shape index (κ3) is 3.64. The van der Waals surface area contributed by atoms with Crippen molar-refractivity contribution in [3.63, 3.8) is 0 Å². The number of carbonyl (C=O) groups is 1. The molecule has 2 rings (SSSR count). The lowest BCUT2D eigenvalue weighted by Gasteiger charge is -2.08. The normalized spacial score (nSPS) is 10.9. The number of nitrogens with one attached hydrogen (secondary N) is 1. The molecule has 2 aromatic rings. The molecule has 2 heterocycles. The molecule has 1 N–H and O–H groups in total. The Balaban J connectivity index is 1.84. The number of nitrogens with zero attached hydrogens (tertiary/aromatic N) is 4. The highest BCUT2D eigenvalue weighted by Gasteiger charge is 2.10. The van der Waals surface area contributed by atoms with Gasteiger partial charge in [-0.3, -0.25) is 14.2 Å². The van der Waals surface area contributed by atoms with Crippen LogP contribution in [0.4, 0.5) is 0 Å². The predicted molar refractivity (Wildman–Crippen MR) is 81.1 cm³/mol. The van der Waals surface area contributed by atoms with E-state index in [1.165, 1.54) is 0 Å². The molecule has 0 bridgehead atoms. The average molecular weight is 310 g/mol. The zero-order chi connectivity index (χ0) is 15.4. The van der Waals surface area contributed by atoms with Gasteiger partial charge in [-0.15, -0.1) is 0 Å². The number of hydrogen-bond acceptors (Lipinski definition) is 3. The summed E-state index contributed by atoms with van der Waals surface area (Å²) in [7, 11) is 0. The van der Waals surface area contributed by atoms with E-state index in [0.717, 1.165) is 23.6 Å². The monoisotopic (exact) mass is 309 g/mol. The van der Waals surface area contributed by atoms with Crippen molar-refractivity contribution in [3.05, 3.63) is 34.4 Å². The van der Waals surface area contributed by atoms with Crippen molar-refractivity contribution in [3.8, 4) is 0 Å². The molecule has 0 aliphatic heterocycles. The van der Waals surface area contributed by atoms with E-state index >= 15 is 0 Å². The van der Waals surface area contributed by atoms with Gasteiger partial charge in [0.1, 0.15) is 0 Å². The Labute approximate surface area is 129 Å². The summed E-state index contributed by atoms with van der Waals surface area (Å²) in [4.78, 5) is 11.9. The van der Waals surface area contributed by atoms with Crippen LogP contribution in [0.1, 0.15) is 30.4 Å². The van der Waals surface area contributed by atoms with Gasteiger partial charge in [0, 0.05) is 19.2 Å². The molecule has 0 aliphatic carbocycles. The first-order valence-corrected chi connectivity index (χ1v) is 7.37. The molecule has 7 heteroatoms. The van der Waals surface area contributed by atoms with Crippen molar-refractivity contribution in [2.24, 2.45) is 0 Å². The van der Waals surface area contributed by atoms with Crippen LogP contribution in [0.2, 0.25) is 5.02 Å². The minimum atomic E-state index is -0.0115. The number of rotatable bonds is 6. The van der Waals surface area contributed by atoms with E-state index in [1.54, 1.807) is 10.9 Å². The Morgan fingerprint density at radius 1 is 1.38 bits per heavy atom. The highest BCUT2D eigenvalue weighted by molar-refractivity contribution is 6.31. The van der Waals surface area contributed by atoms with Crippen molar-refractivity contribution < 1.29 is 4.79 Å². The number of hydrogen-bond donors (Lipinski definition) is 1. The van der Waals surface area contributed by atoms with Crippen LogP contribution in [0.3, 0.4) is 0 Å². The van der Waals surface area contributed by atoms with Crippen LogP contribution in [0.25, 0.3) is 0 Å². The molecule has 21 heavy (non-hydrogen) atoms. The summed E-state index contributed by atoms with van der Waals surface area (Å²) in [6.07, 6.45) is 2.11. The molecule has 0 radical (unpaired) electrons. The van der Waals surface area contributed by atoms with Crippen molar-refractivity contribution in [2.45, 2.75) is 46.8 Å². The first-order valence-electron chi connectivity index (χ1n) is 6.99. The second-order valence-electron chi connectivity index (χ2n) is 4.87. The zero-order valence-corrected chi connectivity index (χ0v) is 13.3. The summed E-state index contributed by atoms with van der Waals surface area (Å²) in [5.74, 6) is -0.0115. The van der Waals surface area contributed by atoms with Crippen molar-refractivity contribution >= 4 is 17.5 Å². The van der Waals surface area contributed by atoms with Gasteiger partial charge in [-0.2, -0.15) is 10.2 Å². The lowest BCUT2D eigenvalue weighted by atomic mass is 10.3. The van der Waals surface area contributed by atoms with Crippen LogP contribution in [0.15, 0.2) is 12.3 Å². The Morgan fingerprint density at radius 2 is 2.14 bits per heavy atom. The Bertz CT molecular complexity index is 631. The molecule has 0 unspecified atom stereocenters. The molecular weight excluding hydrogens is 290 g/mol. The minimum Gasteiger partial charge on any atom is -0.350 e. The summed E-state index contributed by atoms with van der Waals surface area (Å²) in [6.45, 7) is 7.59. The largest absolute Gasteiger partial charge is 0.350 e. The first-order chi connectivity index (χ1) is 10.0. The highest BCUT2D eigenvalue weighted by Crippen LogP contribution is 2.18. The maximum absolute atomic E-state index is 11.9. The van der Waals surface area contributed by atoms with Crippen LogP contribution in [-0.2, 0) is 24.4 Å². The van der Waals surface area contributed by atoms with E-state index in [2.05, 4.69) is 15.5 Å². The fraction of sp³-hybridized carbons (Fsp3) is 0.500. The molecule has 0 saturated heterocycles. The SMILES string of the molecule is CCn1nccc1CNC(=O)CCn1nc(C)c(Cl)c1C. The third-order valence-corrected chi connectivity index (χ3v) is 3.96. The standard InChI is InChI=1S/C14H20ClN5O/c1-4-19-12(5-7-17-19)9-16-13(21)6-8-20-11(3)14(15)10(2)18-20/h5,7H,4,6,8-9H2,1-3H3,(H,16,21). The van der Waals surface area contributed by atoms with Crippen LogP contribution >= 0.6 is 11.6 Å². The second-order valence-corrected chi connectivity index (χ2v) is 5.25. The summed E-state index contributed by atoms with van der Waals surface area (Å²) >= 11 is 6.08. The van der Waals surface area contributed by atoms with E-state index < -0.39 is 0 Å². The van der Waals surface area contributed by atoms with Gasteiger partial charge >= 0.3 is 0 Å². The number of halogens is 1. The Kier molecular flexibility index (Phi) is 5.01. The van der Waals surface area contributed by atoms with Gasteiger partial charge in [-0.1, -0.05) is 11.6 Å². The molecule has 2 aromatic heterocycles. The number of aryl methyl sites for hydroxylation is 3. The third-order valence-electron chi connectivity index (χ3n) is 3.41. The molecule has 0 fully saturated rings. The fourth-order valence-corrected chi connectivity index (χ4v) is 2.31. The van der Waals surface area contributed by atoms with Crippen LogP contribution in [0.5, 0.6) is 0 Å². The maximum atomic E-state index is 11.9. The lowest BCUT2D eigenvalue weighted by Crippen LogP contribution is -2.25. The maximum Gasteiger partial charge on any atom is 0.222 e. The predicted octanol–water partition coefficient (Wildman–Crippen LogP) is 2.08. The first kappa shape index (κ1) is 15.6. The molecule has 1 amide bonds. The lowest BCUT2D eigenvalue weighted by molar-refractivity contribution is -0.121. The summed E-state index contributed by atoms with van der Waals surface area (Å²) < 4.78 is 3.63. The summed E-state index contributed by atoms with van der Waals surface area (Å²) in [5.41, 5.74) is 2.69. The van der Waals surface area contributed by atoms with E-state index in [-0.39, 0.29) is 5.91 Å². The van der Waals surface area contributed by atoms with Gasteiger partial charge in [-0.25, -0.2) is 0 Å². The van der Waals surface area contributed by atoms with E-state index in [1.807, 2.05) is 31.5 Å². The van der Waals surface area contributed by atoms with Crippen molar-refractivity contribution in [1.29, 1.82) is 0 Å². The van der Waals surface area contributed by atoms with Gasteiger partial charge in [0.05, 0.1) is 35.2 Å². The van der Waals surface area contributed by atoms with Crippen LogP contribution in [-0.4, -0.2) is 25.5 Å². The molecular formula is C14H20ClN5O. The second kappa shape index (κ2) is 6.76. The van der Waals surface area contributed by atoms with E-state index in [9.17, 15) is 4.79 Å². The molecule has 0 aliphatic rings. The van der Waals surface area contributed by atoms with E-state index in [4.69, 9.17) is 11.6 Å². The summed E-state index contributed by atoms with van der Waals surface area (Å²) in [5, 5.41) is 12.0. The average Bonchev–Trinajstić information content (AvgIpc) is 3.03. The fourth-order valence-electron chi connectivity index (χ4n) is 2.17. The van der Waals surface area contributed by atoms with Crippen LogP contribution < -0.4 is 5.32 Å². The van der Waals surface area contributed by atoms with E-state index in [0.29, 0.717) is 24.5 Å². The van der Waals surface area contributed by atoms with Gasteiger partial charge in [0.2, 0.25) is 5.91 Å². The zero-order valence-electron chi connectivity index (χ0n) is 12.6. The molecule has 114 valence electrons. The van der Waals surface area contributed by atoms with Gasteiger partial charge in [0.25, 0.3) is 0 Å². The summed E-state index contributed by atoms with van der Waals surface area (Å²) in [6, 6.07) is 1.91. The quantitative estimate of drug-likeness (QED) is 0.888. The minimum absolute atomic E-state index is 0.0115. The van der Waals surface area contributed by atoms with Gasteiger partial charge < -0.3 is 5.32 Å². The molecule has 0 aromatic carbocycles. The topological polar surface area (TPSA) is 64.7 Å². The smallest absolute Gasteiger partial charge is 0.222 e. The van der Waals surface area contributed by atoms with Crippen molar-refractivity contribution in [2.75, 3.05) is 0 Å². The molecule has 0 atom stereocenters. The number of amides is 1. The Morgan fingerprint density at radius 3 is 2.76 bits per heavy atom. The molecule has 0 spiro atoms. The van der Waals surface area contributed by atoms with Gasteiger partial charge in [0.15, 0.2) is 0 Å². The highest BCUT2D eigenvalue weighted by atomic mass is 35.5. The number of carbonyl (C=O) groups excluding carboxylic acids is 1. The van der Waals surface area contributed by atoms with Crippen molar-refractivity contribution in [1.82, 2.24) is 24.9 Å². The Hall–Kier alpha value is -1.82. The molecule has 0 saturated carbocycles. The molecule has 6 nitrogen and oxygen atoms in total. The van der Waals surface area contributed by atoms with Crippen LogP contribution in [0, 0.1) is 13.8 Å². The number of aromatic nitrogens is 4.